The highest BCUT2D eigenvalue weighted by atomic mass is 16.4. The number of aliphatic carboxylic acids is 1. The second kappa shape index (κ2) is 5.16. The van der Waals surface area contributed by atoms with Crippen molar-refractivity contribution in [1.82, 2.24) is 10.6 Å². The summed E-state index contributed by atoms with van der Waals surface area (Å²) in [5.74, 6) is -1.22. The van der Waals surface area contributed by atoms with Crippen LogP contribution in [0.1, 0.15) is 51.9 Å². The van der Waals surface area contributed by atoms with E-state index in [0.29, 0.717) is 6.42 Å². The van der Waals surface area contributed by atoms with Gasteiger partial charge in [-0.2, -0.15) is 0 Å². The van der Waals surface area contributed by atoms with E-state index in [1.165, 1.54) is 0 Å². The van der Waals surface area contributed by atoms with Crippen molar-refractivity contribution < 1.29 is 14.7 Å². The summed E-state index contributed by atoms with van der Waals surface area (Å²) >= 11 is 0. The Morgan fingerprint density at radius 3 is 2.50 bits per heavy atom. The van der Waals surface area contributed by atoms with Crippen molar-refractivity contribution in [3.05, 3.63) is 0 Å². The molecule has 102 valence electrons. The van der Waals surface area contributed by atoms with Gasteiger partial charge in [-0.25, -0.2) is 4.79 Å². The summed E-state index contributed by atoms with van der Waals surface area (Å²) in [6, 6.07) is -0.411. The average Bonchev–Trinajstić information content (AvgIpc) is 2.71. The summed E-state index contributed by atoms with van der Waals surface area (Å²) in [6.45, 7) is 2.08. The molecule has 2 unspecified atom stereocenters. The Hall–Kier alpha value is -1.26. The van der Waals surface area contributed by atoms with Gasteiger partial charge in [-0.1, -0.05) is 13.3 Å². The standard InChI is InChI=1S/C13H22N2O3/c1-2-13(7-4-8-13)15-12(18)14-10-6-3-5-9(10)11(16)17/h9-10H,2-8H2,1H3,(H,16,17)(H2,14,15,18). The summed E-state index contributed by atoms with van der Waals surface area (Å²) in [6.07, 6.45) is 6.47. The number of carboxylic acid groups (broad SMARTS) is 1. The van der Waals surface area contributed by atoms with Crippen LogP contribution in [0.4, 0.5) is 4.79 Å². The lowest BCUT2D eigenvalue weighted by molar-refractivity contribution is -0.142. The first-order chi connectivity index (χ1) is 8.56. The molecule has 0 spiro atoms. The summed E-state index contributed by atoms with van der Waals surface area (Å²) < 4.78 is 0. The van der Waals surface area contributed by atoms with Crippen LogP contribution in [-0.4, -0.2) is 28.7 Å². The Kier molecular flexibility index (Phi) is 3.78. The molecule has 0 aromatic carbocycles. The number of hydrogen-bond donors (Lipinski definition) is 3. The smallest absolute Gasteiger partial charge is 0.315 e. The topological polar surface area (TPSA) is 78.4 Å². The number of urea groups is 1. The maximum atomic E-state index is 11.9. The molecule has 0 aliphatic heterocycles. The number of rotatable bonds is 4. The summed E-state index contributed by atoms with van der Waals surface area (Å²) in [4.78, 5) is 22.9. The highest BCUT2D eigenvalue weighted by molar-refractivity contribution is 5.77. The van der Waals surface area contributed by atoms with Crippen molar-refractivity contribution in [2.45, 2.75) is 63.5 Å². The molecule has 18 heavy (non-hydrogen) atoms. The molecule has 2 atom stereocenters. The van der Waals surface area contributed by atoms with Gasteiger partial charge in [0, 0.05) is 11.6 Å². The van der Waals surface area contributed by atoms with E-state index in [9.17, 15) is 9.59 Å². The zero-order valence-electron chi connectivity index (χ0n) is 10.9. The highest BCUT2D eigenvalue weighted by Gasteiger charge is 2.38. The minimum atomic E-state index is -0.799. The lowest BCUT2D eigenvalue weighted by Gasteiger charge is -2.42. The van der Waals surface area contributed by atoms with E-state index in [1.807, 2.05) is 0 Å². The van der Waals surface area contributed by atoms with E-state index in [2.05, 4.69) is 17.6 Å². The van der Waals surface area contributed by atoms with E-state index in [4.69, 9.17) is 5.11 Å². The van der Waals surface area contributed by atoms with Gasteiger partial charge in [0.1, 0.15) is 0 Å². The second-order valence-corrected chi connectivity index (χ2v) is 5.57. The zero-order chi connectivity index (χ0) is 13.2. The summed E-state index contributed by atoms with van der Waals surface area (Å²) in [5, 5.41) is 14.9. The summed E-state index contributed by atoms with van der Waals surface area (Å²) in [5.41, 5.74) is -0.0403. The second-order valence-electron chi connectivity index (χ2n) is 5.57. The van der Waals surface area contributed by atoms with Crippen LogP contribution in [0.2, 0.25) is 0 Å². The molecule has 2 aliphatic carbocycles. The normalized spacial score (nSPS) is 29.4. The number of carboxylic acids is 1. The van der Waals surface area contributed by atoms with E-state index >= 15 is 0 Å². The number of amides is 2. The molecule has 0 bridgehead atoms. The maximum Gasteiger partial charge on any atom is 0.315 e. The van der Waals surface area contributed by atoms with Crippen molar-refractivity contribution in [3.8, 4) is 0 Å². The molecule has 2 amide bonds. The third kappa shape index (κ3) is 2.60. The molecule has 2 saturated carbocycles. The molecule has 0 aromatic heterocycles. The Morgan fingerprint density at radius 2 is 2.00 bits per heavy atom. The molecule has 2 fully saturated rings. The lowest BCUT2D eigenvalue weighted by Crippen LogP contribution is -2.57. The monoisotopic (exact) mass is 254 g/mol. The molecule has 0 saturated heterocycles. The van der Waals surface area contributed by atoms with Gasteiger partial charge in [0.2, 0.25) is 0 Å². The van der Waals surface area contributed by atoms with Gasteiger partial charge in [0.25, 0.3) is 0 Å². The van der Waals surface area contributed by atoms with E-state index in [1.54, 1.807) is 0 Å². The molecule has 0 aromatic rings. The van der Waals surface area contributed by atoms with Crippen molar-refractivity contribution >= 4 is 12.0 Å². The minimum absolute atomic E-state index is 0.0403. The highest BCUT2D eigenvalue weighted by Crippen LogP contribution is 2.34. The first-order valence-corrected chi connectivity index (χ1v) is 6.88. The number of hydrogen-bond acceptors (Lipinski definition) is 2. The van der Waals surface area contributed by atoms with Crippen LogP contribution in [0.3, 0.4) is 0 Å². The lowest BCUT2D eigenvalue weighted by atomic mass is 9.75. The molecule has 2 aliphatic rings. The summed E-state index contributed by atoms with van der Waals surface area (Å²) in [7, 11) is 0. The van der Waals surface area contributed by atoms with Crippen molar-refractivity contribution in [3.63, 3.8) is 0 Å². The van der Waals surface area contributed by atoms with Gasteiger partial charge in [0.05, 0.1) is 5.92 Å². The van der Waals surface area contributed by atoms with Crippen LogP contribution in [0.15, 0.2) is 0 Å². The number of carbonyl (C=O) groups excluding carboxylic acids is 1. The predicted molar refractivity (Wildman–Crippen MR) is 67.3 cm³/mol. The number of nitrogens with one attached hydrogen (secondary N) is 2. The quantitative estimate of drug-likeness (QED) is 0.716. The largest absolute Gasteiger partial charge is 0.481 e. The zero-order valence-corrected chi connectivity index (χ0v) is 10.9. The molecule has 2 rings (SSSR count). The maximum absolute atomic E-state index is 11.9. The SMILES string of the molecule is CCC1(NC(=O)NC2CCCC2C(=O)O)CCC1. The molecular formula is C13H22N2O3. The molecule has 0 heterocycles. The Bertz CT molecular complexity index is 334. The first kappa shape index (κ1) is 13.2. The van der Waals surface area contributed by atoms with Gasteiger partial charge >= 0.3 is 12.0 Å². The third-order valence-electron chi connectivity index (χ3n) is 4.52. The predicted octanol–water partition coefficient (Wildman–Crippen LogP) is 1.87. The number of carbonyl (C=O) groups is 2. The van der Waals surface area contributed by atoms with Crippen molar-refractivity contribution in [2.75, 3.05) is 0 Å². The first-order valence-electron chi connectivity index (χ1n) is 6.88. The fourth-order valence-electron chi connectivity index (χ4n) is 3.04. The van der Waals surface area contributed by atoms with Gasteiger partial charge in [-0.15, -0.1) is 0 Å². The van der Waals surface area contributed by atoms with Gasteiger partial charge in [-0.05, 0) is 38.5 Å². The van der Waals surface area contributed by atoms with E-state index < -0.39 is 11.9 Å². The van der Waals surface area contributed by atoms with Gasteiger partial charge < -0.3 is 15.7 Å². The van der Waals surface area contributed by atoms with E-state index in [0.717, 1.165) is 38.5 Å². The van der Waals surface area contributed by atoms with Crippen LogP contribution in [0.25, 0.3) is 0 Å². The molecule has 0 radical (unpaired) electrons. The molecule has 5 nitrogen and oxygen atoms in total. The Labute approximate surface area is 107 Å². The van der Waals surface area contributed by atoms with Crippen molar-refractivity contribution in [1.29, 1.82) is 0 Å². The molecule has 3 N–H and O–H groups in total. The van der Waals surface area contributed by atoms with E-state index in [-0.39, 0.29) is 17.6 Å². The van der Waals surface area contributed by atoms with Crippen LogP contribution in [0, 0.1) is 5.92 Å². The van der Waals surface area contributed by atoms with Crippen LogP contribution < -0.4 is 10.6 Å². The van der Waals surface area contributed by atoms with Crippen molar-refractivity contribution in [2.24, 2.45) is 5.92 Å². The average molecular weight is 254 g/mol. The fraction of sp³-hybridized carbons (Fsp3) is 0.846. The molecule has 5 heteroatoms. The third-order valence-corrected chi connectivity index (χ3v) is 4.52. The van der Waals surface area contributed by atoms with Crippen LogP contribution in [-0.2, 0) is 4.79 Å². The minimum Gasteiger partial charge on any atom is -0.481 e. The van der Waals surface area contributed by atoms with Gasteiger partial charge in [-0.3, -0.25) is 4.79 Å². The molecular weight excluding hydrogens is 232 g/mol. The van der Waals surface area contributed by atoms with Crippen LogP contribution in [0.5, 0.6) is 0 Å². The Balaban J connectivity index is 1.85. The van der Waals surface area contributed by atoms with Gasteiger partial charge in [0.15, 0.2) is 0 Å². The Morgan fingerprint density at radius 1 is 1.28 bits per heavy atom. The van der Waals surface area contributed by atoms with Crippen LogP contribution >= 0.6 is 0 Å². The fourth-order valence-corrected chi connectivity index (χ4v) is 3.04.